The van der Waals surface area contributed by atoms with E-state index in [4.69, 9.17) is 0 Å². The maximum Gasteiger partial charge on any atom is -0.147 e. The normalized spacial score (nSPS) is 13.4. The van der Waals surface area contributed by atoms with Gasteiger partial charge in [0.2, 0.25) is 0 Å². The fraction of sp³-hybridized carbons (Fsp3) is 0.263. The van der Waals surface area contributed by atoms with Gasteiger partial charge in [0.05, 0.1) is 0 Å². The van der Waals surface area contributed by atoms with Gasteiger partial charge in [-0.25, -0.2) is 0 Å². The van der Waals surface area contributed by atoms with Gasteiger partial charge in [-0.3, -0.25) is 0 Å². The van der Waals surface area contributed by atoms with E-state index in [0.29, 0.717) is 0 Å². The number of benzene rings is 4. The molecule has 0 aromatic heterocycles. The summed E-state index contributed by atoms with van der Waals surface area (Å²) >= 11 is -2.70. The molecule has 0 fully saturated rings. The van der Waals surface area contributed by atoms with Crippen LogP contribution in [0.1, 0.15) is 70.2 Å². The summed E-state index contributed by atoms with van der Waals surface area (Å²) in [4.78, 5) is 0. The molecule has 0 radical (unpaired) electrons. The van der Waals surface area contributed by atoms with Crippen molar-refractivity contribution in [3.05, 3.63) is 135 Å². The Morgan fingerprint density at radius 3 is 1.74 bits per heavy atom. The van der Waals surface area contributed by atoms with Crippen LogP contribution in [0.4, 0.5) is 0 Å². The number of halogens is 2. The number of allylic oxidation sites excluding steroid dienone is 4. The van der Waals surface area contributed by atoms with Crippen molar-refractivity contribution in [2.45, 2.75) is 65.2 Å². The van der Waals surface area contributed by atoms with Gasteiger partial charge in [0.1, 0.15) is 0 Å². The molecule has 6 rings (SSSR count). The molecule has 0 bridgehead atoms. The first-order valence-corrected chi connectivity index (χ1v) is 25.1. The van der Waals surface area contributed by atoms with Crippen molar-refractivity contribution in [2.24, 2.45) is 0 Å². The van der Waals surface area contributed by atoms with Gasteiger partial charge in [0.15, 0.2) is 0 Å². The van der Waals surface area contributed by atoms with Gasteiger partial charge in [-0.05, 0) is 0 Å². The van der Waals surface area contributed by atoms with E-state index >= 15 is 0 Å². The molecule has 0 aliphatic heterocycles. The van der Waals surface area contributed by atoms with Gasteiger partial charge < -0.3 is 0 Å². The van der Waals surface area contributed by atoms with Crippen LogP contribution in [0.15, 0.2) is 113 Å². The molecule has 4 aromatic carbocycles. The van der Waals surface area contributed by atoms with Crippen molar-refractivity contribution in [1.29, 1.82) is 0 Å². The van der Waals surface area contributed by atoms with E-state index in [2.05, 4.69) is 151 Å². The molecule has 2 aliphatic rings. The molecule has 4 heteroatoms. The molecule has 0 saturated heterocycles. The monoisotopic (exact) mass is 776 g/mol. The summed E-state index contributed by atoms with van der Waals surface area (Å²) in [6.45, 7) is 14.2. The van der Waals surface area contributed by atoms with E-state index in [1.807, 2.05) is 0 Å². The van der Waals surface area contributed by atoms with Crippen LogP contribution in [0.25, 0.3) is 11.1 Å². The van der Waals surface area contributed by atoms with Crippen molar-refractivity contribution in [1.82, 2.24) is 0 Å². The maximum atomic E-state index is 2.69. The van der Waals surface area contributed by atoms with Gasteiger partial charge in [0.25, 0.3) is 0 Å². The van der Waals surface area contributed by atoms with Crippen molar-refractivity contribution >= 4 is 44.0 Å². The minimum atomic E-state index is -2.70. The van der Waals surface area contributed by atoms with Gasteiger partial charge in [-0.15, -0.1) is 24.8 Å². The summed E-state index contributed by atoms with van der Waals surface area (Å²) in [6.07, 6.45) is 9.43. The third-order valence-electron chi connectivity index (χ3n) is 8.49. The topological polar surface area (TPSA) is 0 Å². The SMILES string of the molecule is CC(C)(C)c1ccc2c(c1)-c1cc(C(C)(C)C)c[c]([Hf]([C]3=CC=CC3)=[Si](c3ccccc3)c3ccccc3)c1C2.Cl.Cl. The molecule has 0 nitrogen and oxygen atoms in total. The predicted octanol–water partition coefficient (Wildman–Crippen LogP) is 8.59. The summed E-state index contributed by atoms with van der Waals surface area (Å²) in [5, 5.41) is 3.16. The smallest absolute Gasteiger partial charge is 0.147 e. The van der Waals surface area contributed by atoms with Crippen molar-refractivity contribution < 1.29 is 20.1 Å². The molecule has 216 valence electrons. The van der Waals surface area contributed by atoms with Crippen molar-refractivity contribution in [3.8, 4) is 11.1 Å². The van der Waals surface area contributed by atoms with Crippen LogP contribution in [0.3, 0.4) is 0 Å². The van der Waals surface area contributed by atoms with E-state index in [9.17, 15) is 0 Å². The zero-order valence-electron chi connectivity index (χ0n) is 25.6. The maximum absolute atomic E-state index is 2.70. The van der Waals surface area contributed by atoms with Crippen LogP contribution in [-0.4, -0.2) is 5.49 Å². The summed E-state index contributed by atoms with van der Waals surface area (Å²) < 4.78 is 3.53. The molecule has 0 amide bonds. The number of hydrogen-bond acceptors (Lipinski definition) is 0. The first-order valence-electron chi connectivity index (χ1n) is 14.6. The van der Waals surface area contributed by atoms with Gasteiger partial charge in [-0.1, -0.05) is 0 Å². The van der Waals surface area contributed by atoms with Crippen molar-refractivity contribution in [3.63, 3.8) is 0 Å². The van der Waals surface area contributed by atoms with Crippen LogP contribution < -0.4 is 13.7 Å². The Morgan fingerprint density at radius 2 is 1.21 bits per heavy atom. The van der Waals surface area contributed by atoms with Crippen LogP contribution in [0, 0.1) is 0 Å². The average molecular weight is 776 g/mol. The molecular formula is C38H42Cl2HfSi. The first-order chi connectivity index (χ1) is 19.1. The Balaban J connectivity index is 0.00000202. The molecule has 2 aliphatic carbocycles. The van der Waals surface area contributed by atoms with E-state index in [0.717, 1.165) is 12.8 Å². The second kappa shape index (κ2) is 12.9. The molecule has 0 heterocycles. The Hall–Kier alpha value is -1.97. The average Bonchev–Trinajstić information content (AvgIpc) is 3.59. The molecule has 0 saturated carbocycles. The van der Waals surface area contributed by atoms with Gasteiger partial charge in [0, 0.05) is 0 Å². The number of fused-ring (bicyclic) bond motifs is 3. The predicted molar refractivity (Wildman–Crippen MR) is 186 cm³/mol. The summed E-state index contributed by atoms with van der Waals surface area (Å²) in [7, 11) is 0. The Bertz CT molecular complexity index is 1640. The molecule has 0 spiro atoms. The molecule has 0 atom stereocenters. The molecule has 42 heavy (non-hydrogen) atoms. The number of hydrogen-bond donors (Lipinski definition) is 0. The summed E-state index contributed by atoms with van der Waals surface area (Å²) in [5.74, 6) is 0. The van der Waals surface area contributed by atoms with E-state index in [1.54, 1.807) is 22.6 Å². The van der Waals surface area contributed by atoms with Gasteiger partial charge in [-0.2, -0.15) is 0 Å². The Labute approximate surface area is 273 Å². The van der Waals surface area contributed by atoms with Crippen LogP contribution in [0.2, 0.25) is 0 Å². The fourth-order valence-electron chi connectivity index (χ4n) is 6.16. The standard InChI is InChI=1S/C21H25.C12H10Si.C5H5.2ClH.Hf/c1-20(2,3)16-9-7-14-11-15-8-10-17(21(4,5)6)13-19(15)18(14)12-16;1-3-7-11(8-4-1)13-12-9-5-2-6-10-12;1-2-4-5-3-1;;;/h7,9-10,12-13H,11H2,1-6H3;1-10H;1-3H,4H2;2*1H;. The molecule has 0 unspecified atom stereocenters. The van der Waals surface area contributed by atoms with Crippen LogP contribution in [-0.2, 0) is 37.3 Å². The Kier molecular flexibility index (Phi) is 10.1. The Morgan fingerprint density at radius 1 is 0.643 bits per heavy atom. The fourth-order valence-corrected chi connectivity index (χ4v) is 34.5. The van der Waals surface area contributed by atoms with Crippen LogP contribution >= 0.6 is 24.8 Å². The minimum absolute atomic E-state index is 0. The molecular weight excluding hydrogens is 734 g/mol. The molecule has 0 N–H and O–H groups in total. The third-order valence-corrected chi connectivity index (χ3v) is 34.4. The van der Waals surface area contributed by atoms with Crippen molar-refractivity contribution in [2.75, 3.05) is 0 Å². The zero-order chi connectivity index (χ0) is 28.1. The number of rotatable bonds is 4. The zero-order valence-corrected chi connectivity index (χ0v) is 31.8. The largest absolute Gasteiger partial charge is 0.147 e. The van der Waals surface area contributed by atoms with Crippen LogP contribution in [0.5, 0.6) is 0 Å². The third kappa shape index (κ3) is 6.43. The molecule has 4 aromatic rings. The van der Waals surface area contributed by atoms with E-state index in [1.165, 1.54) is 27.8 Å². The second-order valence-corrected chi connectivity index (χ2v) is 31.7. The minimum Gasteiger partial charge on any atom is -0.147 e. The van der Waals surface area contributed by atoms with Gasteiger partial charge >= 0.3 is 250 Å². The first kappa shape index (κ1) is 32.9. The summed E-state index contributed by atoms with van der Waals surface area (Å²) in [6, 6.07) is 35.6. The second-order valence-electron chi connectivity index (χ2n) is 13.4. The van der Waals surface area contributed by atoms with E-state index < -0.39 is 25.6 Å². The quantitative estimate of drug-likeness (QED) is 0.161. The van der Waals surface area contributed by atoms with E-state index in [-0.39, 0.29) is 35.6 Å². The summed E-state index contributed by atoms with van der Waals surface area (Å²) in [5.41, 5.74) is 8.33.